The van der Waals surface area contributed by atoms with Gasteiger partial charge in [0, 0.05) is 42.7 Å². The van der Waals surface area contributed by atoms with E-state index < -0.39 is 68.2 Å². The second kappa shape index (κ2) is 15.8. The number of aromatic nitrogens is 1. The van der Waals surface area contributed by atoms with Gasteiger partial charge < -0.3 is 39.8 Å². The number of ether oxygens (including phenoxy) is 4. The molecule has 4 bridgehead atoms. The molecule has 0 radical (unpaired) electrons. The van der Waals surface area contributed by atoms with Crippen molar-refractivity contribution in [1.82, 2.24) is 30.6 Å². The molecule has 3 aliphatic carbocycles. The van der Waals surface area contributed by atoms with E-state index in [1.54, 1.807) is 6.92 Å². The number of hydrogen-bond donors (Lipinski definition) is 4. The van der Waals surface area contributed by atoms with E-state index in [2.05, 4.69) is 27.3 Å². The standard InChI is InChI=1S/C43H56N6O10S/c1-4-26-20-43(26,40(52)48-60(54,55)42(3)14-15-42)47-37(50)34-19-30-21-49(34)39(51)24(2)44-41(53)59-35-16-25(35)10-6-5-7-12-32-36(31-11-8-9-13-33(31)46-38(32)58-30)57-29-17-27-22-56-23-28(18-29)45-27/h4,8-9,11,13,24-30,34-35,45H,1,5-7,10,12,14-23H2,2-3H3,(H,44,53)(H,47,50)(H,48,52)/t24-,25+,26?,27?,28?,29?,30+,34-,35+,43+/m0/s1. The number of sulfonamides is 1. The number of amides is 4. The average Bonchev–Trinajstić information content (AvgIpc) is 4.17. The highest BCUT2D eigenvalue weighted by atomic mass is 32.2. The van der Waals surface area contributed by atoms with Crippen molar-refractivity contribution in [3.63, 3.8) is 0 Å². The maximum atomic E-state index is 14.5. The molecule has 4 N–H and O–H groups in total. The summed E-state index contributed by atoms with van der Waals surface area (Å²) < 4.78 is 52.7. The Hall–Kier alpha value is -4.48. The lowest BCUT2D eigenvalue weighted by Gasteiger charge is -2.40. The summed E-state index contributed by atoms with van der Waals surface area (Å²) in [5, 5.41) is 10.0. The average molecular weight is 849 g/mol. The van der Waals surface area contributed by atoms with Crippen LogP contribution in [0.15, 0.2) is 36.9 Å². The zero-order valence-electron chi connectivity index (χ0n) is 34.3. The molecule has 0 spiro atoms. The molecule has 3 saturated heterocycles. The van der Waals surface area contributed by atoms with Gasteiger partial charge in [0.2, 0.25) is 27.7 Å². The number of nitrogens with zero attached hydrogens (tertiary/aromatic N) is 2. The summed E-state index contributed by atoms with van der Waals surface area (Å²) in [6, 6.07) is 6.02. The Balaban J connectivity index is 1.03. The molecule has 3 unspecified atom stereocenters. The molecule has 1 aromatic heterocycles. The van der Waals surface area contributed by atoms with Crippen molar-refractivity contribution in [3.8, 4) is 11.6 Å². The Labute approximate surface area is 350 Å². The highest BCUT2D eigenvalue weighted by Crippen LogP contribution is 2.47. The Kier molecular flexibility index (Phi) is 10.7. The number of fused-ring (bicyclic) bond motifs is 7. The number of morpholine rings is 1. The second-order valence-corrected chi connectivity index (χ2v) is 20.5. The molecule has 2 aromatic rings. The van der Waals surface area contributed by atoms with Crippen molar-refractivity contribution < 1.29 is 46.5 Å². The summed E-state index contributed by atoms with van der Waals surface area (Å²) in [6.07, 6.45) is 7.45. The lowest BCUT2D eigenvalue weighted by atomic mass is 9.94. The predicted molar refractivity (Wildman–Crippen MR) is 218 cm³/mol. The molecule has 4 amide bonds. The van der Waals surface area contributed by atoms with E-state index in [0.717, 1.165) is 61.6 Å². The largest absolute Gasteiger partial charge is 0.489 e. The van der Waals surface area contributed by atoms with Crippen LogP contribution < -0.4 is 30.1 Å². The van der Waals surface area contributed by atoms with Crippen LogP contribution >= 0.6 is 0 Å². The van der Waals surface area contributed by atoms with Gasteiger partial charge in [-0.3, -0.25) is 19.1 Å². The van der Waals surface area contributed by atoms with Gasteiger partial charge in [-0.05, 0) is 76.8 Å². The van der Waals surface area contributed by atoms with Crippen LogP contribution in [0.1, 0.15) is 90.0 Å². The maximum absolute atomic E-state index is 14.5. The first-order valence-corrected chi connectivity index (χ1v) is 23.1. The molecular weight excluding hydrogens is 793 g/mol. The fraction of sp³-hybridized carbons (Fsp3) is 0.651. The fourth-order valence-corrected chi connectivity index (χ4v) is 10.9. The first-order valence-electron chi connectivity index (χ1n) is 21.6. The molecule has 16 nitrogen and oxygen atoms in total. The third-order valence-corrected chi connectivity index (χ3v) is 15.9. The minimum Gasteiger partial charge on any atom is -0.489 e. The molecular formula is C43H56N6O10S. The predicted octanol–water partition coefficient (Wildman–Crippen LogP) is 3.16. The van der Waals surface area contributed by atoms with Gasteiger partial charge >= 0.3 is 6.09 Å². The minimum absolute atomic E-state index is 0.0265. The van der Waals surface area contributed by atoms with Crippen LogP contribution in [0.2, 0.25) is 0 Å². The fourth-order valence-electron chi connectivity index (χ4n) is 9.56. The molecule has 9 rings (SSSR count). The van der Waals surface area contributed by atoms with E-state index in [4.69, 9.17) is 23.9 Å². The van der Waals surface area contributed by atoms with Crippen molar-refractivity contribution in [3.05, 3.63) is 42.5 Å². The minimum atomic E-state index is -4.00. The van der Waals surface area contributed by atoms with Gasteiger partial charge in [0.1, 0.15) is 41.7 Å². The van der Waals surface area contributed by atoms with Crippen molar-refractivity contribution in [1.29, 1.82) is 0 Å². The lowest BCUT2D eigenvalue weighted by Crippen LogP contribution is -2.58. The van der Waals surface area contributed by atoms with E-state index >= 15 is 0 Å². The van der Waals surface area contributed by atoms with E-state index in [0.29, 0.717) is 43.9 Å². The first kappa shape index (κ1) is 40.9. The molecule has 7 aliphatic rings. The van der Waals surface area contributed by atoms with Crippen LogP contribution in [-0.2, 0) is 40.3 Å². The molecule has 60 heavy (non-hydrogen) atoms. The van der Waals surface area contributed by atoms with Crippen LogP contribution in [-0.4, -0.2) is 115 Å². The van der Waals surface area contributed by atoms with E-state index in [1.165, 1.54) is 17.9 Å². The zero-order valence-corrected chi connectivity index (χ0v) is 35.1. The molecule has 6 fully saturated rings. The van der Waals surface area contributed by atoms with Crippen LogP contribution in [0.3, 0.4) is 0 Å². The van der Waals surface area contributed by atoms with Crippen LogP contribution in [0.25, 0.3) is 10.9 Å². The lowest BCUT2D eigenvalue weighted by molar-refractivity contribution is -0.140. The number of pyridine rings is 1. The van der Waals surface area contributed by atoms with Gasteiger partial charge in [0.05, 0.1) is 35.6 Å². The smallest absolute Gasteiger partial charge is 0.408 e. The Morgan fingerprint density at radius 3 is 2.55 bits per heavy atom. The summed E-state index contributed by atoms with van der Waals surface area (Å²) in [6.45, 7) is 8.17. The highest BCUT2D eigenvalue weighted by Gasteiger charge is 2.63. The van der Waals surface area contributed by atoms with Crippen molar-refractivity contribution in [2.75, 3.05) is 19.8 Å². The second-order valence-electron chi connectivity index (χ2n) is 18.3. The van der Waals surface area contributed by atoms with Gasteiger partial charge in [-0.2, -0.15) is 0 Å². The normalized spacial score (nSPS) is 34.8. The van der Waals surface area contributed by atoms with Gasteiger partial charge in [0.15, 0.2) is 0 Å². The number of carbonyl (C=O) groups excluding carboxylic acids is 4. The molecule has 324 valence electrons. The number of para-hydroxylation sites is 1. The third kappa shape index (κ3) is 8.04. The molecule has 9 atom stereocenters. The molecule has 17 heteroatoms. The van der Waals surface area contributed by atoms with Crippen molar-refractivity contribution >= 4 is 44.7 Å². The zero-order chi connectivity index (χ0) is 42.0. The quantitative estimate of drug-likeness (QED) is 0.283. The summed E-state index contributed by atoms with van der Waals surface area (Å²) in [5.41, 5.74) is -0.0411. The van der Waals surface area contributed by atoms with Gasteiger partial charge in [-0.1, -0.05) is 31.1 Å². The summed E-state index contributed by atoms with van der Waals surface area (Å²) in [4.78, 5) is 61.8. The number of carbonyl (C=O) groups is 4. The van der Waals surface area contributed by atoms with E-state index in [9.17, 15) is 27.6 Å². The number of nitrogens with one attached hydrogen (secondary N) is 4. The monoisotopic (exact) mass is 848 g/mol. The van der Waals surface area contributed by atoms with E-state index in [-0.39, 0.29) is 49.6 Å². The summed E-state index contributed by atoms with van der Waals surface area (Å²) >= 11 is 0. The highest BCUT2D eigenvalue weighted by molar-refractivity contribution is 7.91. The summed E-state index contributed by atoms with van der Waals surface area (Å²) in [7, 11) is -4.00. The number of piperidine rings is 1. The maximum Gasteiger partial charge on any atom is 0.408 e. The Bertz CT molecular complexity index is 2170. The number of hydrogen-bond acceptors (Lipinski definition) is 12. The van der Waals surface area contributed by atoms with Crippen LogP contribution in [0, 0.1) is 11.8 Å². The van der Waals surface area contributed by atoms with Gasteiger partial charge in [0.25, 0.3) is 5.91 Å². The Morgan fingerprint density at radius 2 is 1.82 bits per heavy atom. The van der Waals surface area contributed by atoms with Crippen LogP contribution in [0.5, 0.6) is 11.6 Å². The summed E-state index contributed by atoms with van der Waals surface area (Å²) in [5.74, 6) is -1.20. The van der Waals surface area contributed by atoms with Gasteiger partial charge in [-0.25, -0.2) is 18.2 Å². The molecule has 1 aromatic carbocycles. The number of alkyl carbamates (subject to hydrolysis) is 1. The van der Waals surface area contributed by atoms with Gasteiger partial charge in [-0.15, -0.1) is 6.58 Å². The van der Waals surface area contributed by atoms with Crippen molar-refractivity contribution in [2.24, 2.45) is 11.8 Å². The third-order valence-electron chi connectivity index (χ3n) is 13.7. The Morgan fingerprint density at radius 1 is 1.05 bits per heavy atom. The van der Waals surface area contributed by atoms with Crippen LogP contribution in [0.4, 0.5) is 4.79 Å². The van der Waals surface area contributed by atoms with E-state index in [1.807, 2.05) is 24.3 Å². The molecule has 5 heterocycles. The molecule has 4 aliphatic heterocycles. The van der Waals surface area contributed by atoms with Crippen molar-refractivity contribution in [2.45, 2.75) is 144 Å². The number of benzene rings is 1. The molecule has 3 saturated carbocycles. The number of rotatable bonds is 8. The topological polar surface area (TPSA) is 204 Å². The SMILES string of the molecule is C=CC1C[C@]1(NC(=O)[C@@H]1C[C@@H]2CN1C(=O)[C@H](C)NC(=O)O[C@@H]1C[C@H]1CCCCCc1c(nc3ccccc3c1OC1CC3COCC(C1)N3)O2)C(=O)NS(=O)(=O)C1(C)CC1. The first-order chi connectivity index (χ1) is 28.8.